The van der Waals surface area contributed by atoms with E-state index in [2.05, 4.69) is 29.6 Å². The molecule has 0 fully saturated rings. The molecule has 3 aromatic carbocycles. The maximum atomic E-state index is 12.5. The second-order valence-corrected chi connectivity index (χ2v) is 7.23. The monoisotopic (exact) mass is 393 g/mol. The van der Waals surface area contributed by atoms with Gasteiger partial charge in [-0.1, -0.05) is 66.2 Å². The van der Waals surface area contributed by atoms with Gasteiger partial charge >= 0.3 is 6.09 Å². The van der Waals surface area contributed by atoms with Crippen molar-refractivity contribution in [3.63, 3.8) is 0 Å². The Morgan fingerprint density at radius 1 is 1.04 bits per heavy atom. The van der Waals surface area contributed by atoms with Gasteiger partial charge < -0.3 is 9.84 Å². The Balaban J connectivity index is 1.53. The summed E-state index contributed by atoms with van der Waals surface area (Å²) in [6.07, 6.45) is -0.568. The molecule has 0 radical (unpaired) electrons. The summed E-state index contributed by atoms with van der Waals surface area (Å²) in [5.41, 5.74) is 6.46. The lowest BCUT2D eigenvalue weighted by molar-refractivity contribution is 0.158. The molecular weight excluding hydrogens is 374 g/mol. The van der Waals surface area contributed by atoms with Gasteiger partial charge in [-0.25, -0.2) is 4.79 Å². The van der Waals surface area contributed by atoms with E-state index in [0.29, 0.717) is 16.3 Å². The smallest absolute Gasteiger partial charge is 0.411 e. The number of halogens is 1. The van der Waals surface area contributed by atoms with Gasteiger partial charge in [-0.3, -0.25) is 5.32 Å². The lowest BCUT2D eigenvalue weighted by Crippen LogP contribution is -2.19. The van der Waals surface area contributed by atoms with Crippen molar-refractivity contribution < 1.29 is 14.6 Å². The summed E-state index contributed by atoms with van der Waals surface area (Å²) in [7, 11) is 0. The zero-order chi connectivity index (χ0) is 19.7. The molecule has 3 aromatic rings. The SMILES string of the molecule is Cc1ccc(Cl)c(CO)c1NC(=O)OCC1c2ccccc2-c2ccccc21. The van der Waals surface area contributed by atoms with Gasteiger partial charge in [0.05, 0.1) is 12.3 Å². The van der Waals surface area contributed by atoms with E-state index in [-0.39, 0.29) is 19.1 Å². The van der Waals surface area contributed by atoms with Crippen LogP contribution in [0, 0.1) is 6.92 Å². The molecule has 1 aliphatic carbocycles. The third-order valence-corrected chi connectivity index (χ3v) is 5.55. The quantitative estimate of drug-likeness (QED) is 0.615. The largest absolute Gasteiger partial charge is 0.448 e. The number of aliphatic hydroxyl groups is 1. The molecule has 4 rings (SSSR count). The van der Waals surface area contributed by atoms with Gasteiger partial charge in [0, 0.05) is 16.5 Å². The zero-order valence-electron chi connectivity index (χ0n) is 15.4. The molecule has 4 nitrogen and oxygen atoms in total. The molecule has 5 heteroatoms. The van der Waals surface area contributed by atoms with E-state index in [1.165, 1.54) is 11.1 Å². The fourth-order valence-electron chi connectivity index (χ4n) is 3.80. The molecule has 0 unspecified atom stereocenters. The van der Waals surface area contributed by atoms with Crippen molar-refractivity contribution in [3.8, 4) is 11.1 Å². The number of carbonyl (C=O) groups excluding carboxylic acids is 1. The topological polar surface area (TPSA) is 58.6 Å². The number of nitrogens with one attached hydrogen (secondary N) is 1. The van der Waals surface area contributed by atoms with Gasteiger partial charge in [0.2, 0.25) is 0 Å². The number of amides is 1. The number of hydrogen-bond donors (Lipinski definition) is 2. The molecular formula is C23H20ClNO3. The molecule has 0 aliphatic heterocycles. The Bertz CT molecular complexity index is 1000. The summed E-state index contributed by atoms with van der Waals surface area (Å²) in [5, 5.41) is 12.7. The van der Waals surface area contributed by atoms with E-state index in [4.69, 9.17) is 16.3 Å². The Labute approximate surface area is 168 Å². The fourth-order valence-corrected chi connectivity index (χ4v) is 4.02. The van der Waals surface area contributed by atoms with Crippen molar-refractivity contribution in [2.75, 3.05) is 11.9 Å². The van der Waals surface area contributed by atoms with Crippen molar-refractivity contribution >= 4 is 23.4 Å². The summed E-state index contributed by atoms with van der Waals surface area (Å²) in [4.78, 5) is 12.5. The highest BCUT2D eigenvalue weighted by molar-refractivity contribution is 6.31. The number of rotatable bonds is 4. The molecule has 0 atom stereocenters. The van der Waals surface area contributed by atoms with Crippen molar-refractivity contribution in [2.45, 2.75) is 19.4 Å². The Hall–Kier alpha value is -2.82. The fraction of sp³-hybridized carbons (Fsp3) is 0.174. The molecule has 0 aromatic heterocycles. The molecule has 1 aliphatic rings. The van der Waals surface area contributed by atoms with Crippen LogP contribution < -0.4 is 5.32 Å². The van der Waals surface area contributed by atoms with Crippen LogP contribution in [0.1, 0.15) is 28.2 Å². The zero-order valence-corrected chi connectivity index (χ0v) is 16.2. The number of anilines is 1. The van der Waals surface area contributed by atoms with Crippen molar-refractivity contribution in [1.82, 2.24) is 0 Å². The lowest BCUT2D eigenvalue weighted by Gasteiger charge is -2.17. The van der Waals surface area contributed by atoms with E-state index in [1.807, 2.05) is 31.2 Å². The maximum Gasteiger partial charge on any atom is 0.411 e. The lowest BCUT2D eigenvalue weighted by atomic mass is 9.98. The van der Waals surface area contributed by atoms with E-state index in [1.54, 1.807) is 12.1 Å². The summed E-state index contributed by atoms with van der Waals surface area (Å²) in [6.45, 7) is 1.81. The number of carbonyl (C=O) groups is 1. The number of ether oxygens (including phenoxy) is 1. The number of hydrogen-bond acceptors (Lipinski definition) is 3. The van der Waals surface area contributed by atoms with Crippen LogP contribution in [0.2, 0.25) is 5.02 Å². The first-order valence-corrected chi connectivity index (χ1v) is 9.48. The van der Waals surface area contributed by atoms with E-state index >= 15 is 0 Å². The number of benzene rings is 3. The van der Waals surface area contributed by atoms with Crippen LogP contribution in [-0.4, -0.2) is 17.8 Å². The van der Waals surface area contributed by atoms with Crippen LogP contribution in [-0.2, 0) is 11.3 Å². The minimum atomic E-state index is -0.568. The molecule has 142 valence electrons. The molecule has 0 saturated heterocycles. The van der Waals surface area contributed by atoms with Crippen molar-refractivity contribution in [2.24, 2.45) is 0 Å². The number of fused-ring (bicyclic) bond motifs is 3. The van der Waals surface area contributed by atoms with Gasteiger partial charge in [-0.05, 0) is 40.8 Å². The van der Waals surface area contributed by atoms with Crippen LogP contribution in [0.25, 0.3) is 11.1 Å². The van der Waals surface area contributed by atoms with Crippen LogP contribution in [0.5, 0.6) is 0 Å². The predicted molar refractivity (Wildman–Crippen MR) is 111 cm³/mol. The minimum absolute atomic E-state index is 0.00378. The standard InChI is InChI=1S/C23H20ClNO3/c1-14-10-11-21(24)19(12-26)22(14)25-23(27)28-13-20-17-8-4-2-6-15(17)16-7-3-5-9-18(16)20/h2-11,20,26H,12-13H2,1H3,(H,25,27). The summed E-state index contributed by atoms with van der Waals surface area (Å²) < 4.78 is 5.56. The summed E-state index contributed by atoms with van der Waals surface area (Å²) in [5.74, 6) is -0.00378. The average molecular weight is 394 g/mol. The summed E-state index contributed by atoms with van der Waals surface area (Å²) >= 11 is 6.13. The highest BCUT2D eigenvalue weighted by Gasteiger charge is 2.29. The van der Waals surface area contributed by atoms with Gasteiger partial charge in [0.1, 0.15) is 6.61 Å². The van der Waals surface area contributed by atoms with E-state index < -0.39 is 6.09 Å². The molecule has 28 heavy (non-hydrogen) atoms. The highest BCUT2D eigenvalue weighted by Crippen LogP contribution is 2.44. The first-order valence-electron chi connectivity index (χ1n) is 9.11. The minimum Gasteiger partial charge on any atom is -0.448 e. The van der Waals surface area contributed by atoms with Crippen LogP contribution in [0.4, 0.5) is 10.5 Å². The molecule has 0 saturated carbocycles. The first-order chi connectivity index (χ1) is 13.6. The second-order valence-electron chi connectivity index (χ2n) is 6.83. The molecule has 1 amide bonds. The number of aryl methyl sites for hydroxylation is 1. The highest BCUT2D eigenvalue weighted by atomic mass is 35.5. The Morgan fingerprint density at radius 2 is 1.64 bits per heavy atom. The Morgan fingerprint density at radius 3 is 2.25 bits per heavy atom. The van der Waals surface area contributed by atoms with E-state index in [0.717, 1.165) is 16.7 Å². The third kappa shape index (κ3) is 3.26. The summed E-state index contributed by atoms with van der Waals surface area (Å²) in [6, 6.07) is 19.9. The molecule has 0 bridgehead atoms. The van der Waals surface area contributed by atoms with Gasteiger partial charge in [-0.15, -0.1) is 0 Å². The average Bonchev–Trinajstić information content (AvgIpc) is 3.03. The normalized spacial score (nSPS) is 12.4. The Kier molecular flexibility index (Phi) is 5.07. The van der Waals surface area contributed by atoms with Crippen molar-refractivity contribution in [1.29, 1.82) is 0 Å². The van der Waals surface area contributed by atoms with Crippen molar-refractivity contribution in [3.05, 3.63) is 87.9 Å². The molecule has 2 N–H and O–H groups in total. The van der Waals surface area contributed by atoms with Crippen LogP contribution >= 0.6 is 11.6 Å². The third-order valence-electron chi connectivity index (χ3n) is 5.19. The maximum absolute atomic E-state index is 12.5. The van der Waals surface area contributed by atoms with Gasteiger partial charge in [0.25, 0.3) is 0 Å². The molecule has 0 spiro atoms. The second kappa shape index (κ2) is 7.66. The van der Waals surface area contributed by atoms with Gasteiger partial charge in [0.15, 0.2) is 0 Å². The van der Waals surface area contributed by atoms with E-state index in [9.17, 15) is 9.90 Å². The first kappa shape index (κ1) is 18.5. The number of aliphatic hydroxyl groups excluding tert-OH is 1. The van der Waals surface area contributed by atoms with Crippen LogP contribution in [0.3, 0.4) is 0 Å². The van der Waals surface area contributed by atoms with Gasteiger partial charge in [-0.2, -0.15) is 0 Å². The molecule has 0 heterocycles. The predicted octanol–water partition coefficient (Wildman–Crippen LogP) is 5.50. The van der Waals surface area contributed by atoms with Crippen LogP contribution in [0.15, 0.2) is 60.7 Å².